The number of aromatic nitrogens is 1. The number of anilines is 1. The Kier molecular flexibility index (Phi) is 2.88. The standard InChI is InChI=1S/C14H12BrN3/c1-18-13-7-12(15)5-4-10(13)9-17-14(18)11-3-2-6-16-8-11/h2-9,14H,1H3. The van der Waals surface area contributed by atoms with Gasteiger partial charge in [0, 0.05) is 46.9 Å². The molecule has 0 bridgehead atoms. The van der Waals surface area contributed by atoms with Crippen molar-refractivity contribution in [1.82, 2.24) is 4.98 Å². The SMILES string of the molecule is CN1c2cc(Br)ccc2C=NC1c1cccnc1. The monoisotopic (exact) mass is 301 g/mol. The lowest BCUT2D eigenvalue weighted by atomic mass is 10.1. The van der Waals surface area contributed by atoms with Gasteiger partial charge >= 0.3 is 0 Å². The van der Waals surface area contributed by atoms with Crippen LogP contribution in [0.2, 0.25) is 0 Å². The van der Waals surface area contributed by atoms with Crippen LogP contribution >= 0.6 is 15.9 Å². The van der Waals surface area contributed by atoms with Crippen molar-refractivity contribution in [2.24, 2.45) is 4.99 Å². The van der Waals surface area contributed by atoms with E-state index in [2.05, 4.69) is 56.1 Å². The Balaban J connectivity index is 2.04. The molecule has 0 radical (unpaired) electrons. The predicted molar refractivity (Wildman–Crippen MR) is 77.1 cm³/mol. The Morgan fingerprint density at radius 2 is 2.17 bits per heavy atom. The Hall–Kier alpha value is -1.68. The molecule has 0 aliphatic carbocycles. The summed E-state index contributed by atoms with van der Waals surface area (Å²) in [6, 6.07) is 10.2. The molecule has 1 aromatic carbocycles. The van der Waals surface area contributed by atoms with Crippen molar-refractivity contribution in [2.75, 3.05) is 11.9 Å². The second kappa shape index (κ2) is 4.53. The Labute approximate surface area is 114 Å². The highest BCUT2D eigenvalue weighted by Crippen LogP contribution is 2.33. The van der Waals surface area contributed by atoms with Gasteiger partial charge in [0.25, 0.3) is 0 Å². The number of benzene rings is 1. The lowest BCUT2D eigenvalue weighted by Gasteiger charge is -2.31. The van der Waals surface area contributed by atoms with E-state index in [0.717, 1.165) is 15.6 Å². The summed E-state index contributed by atoms with van der Waals surface area (Å²) in [6.07, 6.45) is 5.57. The summed E-state index contributed by atoms with van der Waals surface area (Å²) < 4.78 is 1.08. The fourth-order valence-corrected chi connectivity index (χ4v) is 2.50. The molecule has 0 fully saturated rings. The molecule has 0 saturated heterocycles. The number of rotatable bonds is 1. The summed E-state index contributed by atoms with van der Waals surface area (Å²) in [5.74, 6) is 0. The van der Waals surface area contributed by atoms with Gasteiger partial charge in [-0.2, -0.15) is 0 Å². The number of halogens is 1. The van der Waals surface area contributed by atoms with Crippen LogP contribution in [-0.2, 0) is 0 Å². The minimum atomic E-state index is 0.000463. The Morgan fingerprint density at radius 1 is 1.28 bits per heavy atom. The van der Waals surface area contributed by atoms with E-state index in [1.807, 2.05) is 24.5 Å². The van der Waals surface area contributed by atoms with Gasteiger partial charge in [-0.25, -0.2) is 0 Å². The summed E-state index contributed by atoms with van der Waals surface area (Å²) in [5, 5.41) is 0. The molecule has 18 heavy (non-hydrogen) atoms. The zero-order valence-corrected chi connectivity index (χ0v) is 11.5. The molecule has 90 valence electrons. The van der Waals surface area contributed by atoms with E-state index in [1.165, 1.54) is 5.69 Å². The maximum Gasteiger partial charge on any atom is 0.148 e. The first-order chi connectivity index (χ1) is 8.75. The van der Waals surface area contributed by atoms with Gasteiger partial charge in [0.15, 0.2) is 0 Å². The number of aliphatic imine (C=N–C) groups is 1. The number of hydrogen-bond donors (Lipinski definition) is 0. The van der Waals surface area contributed by atoms with Gasteiger partial charge in [-0.3, -0.25) is 9.98 Å². The molecule has 1 atom stereocenters. The summed E-state index contributed by atoms with van der Waals surface area (Å²) in [4.78, 5) is 10.9. The second-order valence-electron chi connectivity index (χ2n) is 4.25. The van der Waals surface area contributed by atoms with Crippen LogP contribution in [0, 0.1) is 0 Å². The van der Waals surface area contributed by atoms with Crippen molar-refractivity contribution in [2.45, 2.75) is 6.17 Å². The predicted octanol–water partition coefficient (Wildman–Crippen LogP) is 3.41. The fourth-order valence-electron chi connectivity index (χ4n) is 2.15. The maximum atomic E-state index is 4.60. The Bertz CT molecular complexity index is 595. The van der Waals surface area contributed by atoms with Crippen LogP contribution in [0.25, 0.3) is 0 Å². The summed E-state index contributed by atoms with van der Waals surface area (Å²) >= 11 is 3.51. The van der Waals surface area contributed by atoms with Crippen LogP contribution in [0.15, 0.2) is 52.2 Å². The molecular formula is C14H12BrN3. The van der Waals surface area contributed by atoms with Gasteiger partial charge in [-0.15, -0.1) is 0 Å². The molecule has 4 heteroatoms. The third kappa shape index (κ3) is 1.93. The van der Waals surface area contributed by atoms with Crippen LogP contribution in [0.4, 0.5) is 5.69 Å². The number of nitrogens with zero attached hydrogens (tertiary/aromatic N) is 3. The first-order valence-corrected chi connectivity index (χ1v) is 6.50. The third-order valence-electron chi connectivity index (χ3n) is 3.08. The topological polar surface area (TPSA) is 28.5 Å². The van der Waals surface area contributed by atoms with E-state index in [1.54, 1.807) is 6.20 Å². The van der Waals surface area contributed by atoms with Crippen LogP contribution in [0.1, 0.15) is 17.3 Å². The van der Waals surface area contributed by atoms with E-state index < -0.39 is 0 Å². The third-order valence-corrected chi connectivity index (χ3v) is 3.57. The average Bonchev–Trinajstić information content (AvgIpc) is 2.41. The van der Waals surface area contributed by atoms with Gasteiger partial charge in [-0.05, 0) is 18.2 Å². The average molecular weight is 302 g/mol. The van der Waals surface area contributed by atoms with Gasteiger partial charge in [0.05, 0.1) is 0 Å². The molecule has 0 N–H and O–H groups in total. The number of fused-ring (bicyclic) bond motifs is 1. The lowest BCUT2D eigenvalue weighted by molar-refractivity contribution is 0.699. The van der Waals surface area contributed by atoms with Crippen molar-refractivity contribution >= 4 is 27.8 Å². The smallest absolute Gasteiger partial charge is 0.148 e. The molecular weight excluding hydrogens is 290 g/mol. The van der Waals surface area contributed by atoms with Crippen molar-refractivity contribution in [3.63, 3.8) is 0 Å². The van der Waals surface area contributed by atoms with E-state index >= 15 is 0 Å². The minimum absolute atomic E-state index is 0.000463. The van der Waals surface area contributed by atoms with Crippen molar-refractivity contribution in [3.05, 3.63) is 58.3 Å². The highest BCUT2D eigenvalue weighted by atomic mass is 79.9. The van der Waals surface area contributed by atoms with Gasteiger partial charge < -0.3 is 4.90 Å². The van der Waals surface area contributed by atoms with Crippen LogP contribution in [-0.4, -0.2) is 18.2 Å². The van der Waals surface area contributed by atoms with Crippen LogP contribution in [0.3, 0.4) is 0 Å². The molecule has 2 heterocycles. The molecule has 1 unspecified atom stereocenters. The number of hydrogen-bond acceptors (Lipinski definition) is 3. The van der Waals surface area contributed by atoms with Gasteiger partial charge in [0.1, 0.15) is 6.17 Å². The van der Waals surface area contributed by atoms with Gasteiger partial charge in [0.2, 0.25) is 0 Å². The molecule has 1 aliphatic heterocycles. The summed E-state index contributed by atoms with van der Waals surface area (Å²) in [5.41, 5.74) is 3.41. The first kappa shape index (κ1) is 11.4. The molecule has 0 saturated carbocycles. The number of pyridine rings is 1. The largest absolute Gasteiger partial charge is 0.349 e. The Morgan fingerprint density at radius 3 is 2.94 bits per heavy atom. The van der Waals surface area contributed by atoms with E-state index in [9.17, 15) is 0 Å². The molecule has 0 spiro atoms. The molecule has 2 aromatic rings. The summed E-state index contributed by atoms with van der Waals surface area (Å²) in [6.45, 7) is 0. The minimum Gasteiger partial charge on any atom is -0.349 e. The maximum absolute atomic E-state index is 4.60. The van der Waals surface area contributed by atoms with Gasteiger partial charge in [-0.1, -0.05) is 28.1 Å². The normalized spacial score (nSPS) is 17.7. The van der Waals surface area contributed by atoms with Crippen LogP contribution in [0.5, 0.6) is 0 Å². The molecule has 1 aromatic heterocycles. The fraction of sp³-hybridized carbons (Fsp3) is 0.143. The quantitative estimate of drug-likeness (QED) is 0.807. The van der Waals surface area contributed by atoms with Crippen molar-refractivity contribution in [1.29, 1.82) is 0 Å². The second-order valence-corrected chi connectivity index (χ2v) is 5.17. The molecule has 1 aliphatic rings. The molecule has 3 nitrogen and oxygen atoms in total. The van der Waals surface area contributed by atoms with Crippen molar-refractivity contribution in [3.8, 4) is 0 Å². The lowest BCUT2D eigenvalue weighted by Crippen LogP contribution is -2.26. The first-order valence-electron chi connectivity index (χ1n) is 5.71. The zero-order chi connectivity index (χ0) is 12.5. The summed E-state index contributed by atoms with van der Waals surface area (Å²) in [7, 11) is 2.06. The highest BCUT2D eigenvalue weighted by molar-refractivity contribution is 9.10. The highest BCUT2D eigenvalue weighted by Gasteiger charge is 2.21. The van der Waals surface area contributed by atoms with E-state index in [0.29, 0.717) is 0 Å². The van der Waals surface area contributed by atoms with E-state index in [-0.39, 0.29) is 6.17 Å². The van der Waals surface area contributed by atoms with E-state index in [4.69, 9.17) is 0 Å². The molecule has 3 rings (SSSR count). The van der Waals surface area contributed by atoms with Crippen molar-refractivity contribution < 1.29 is 0 Å². The van der Waals surface area contributed by atoms with Crippen LogP contribution < -0.4 is 4.90 Å². The zero-order valence-electron chi connectivity index (χ0n) is 9.92. The molecule has 0 amide bonds.